The smallest absolute Gasteiger partial charge is 0.339 e. The average molecular weight is 359 g/mol. The number of ether oxygens (including phenoxy) is 1. The Balaban J connectivity index is 2.80. The van der Waals surface area contributed by atoms with Crippen molar-refractivity contribution in [3.05, 3.63) is 28.2 Å². The number of urea groups is 1. The van der Waals surface area contributed by atoms with Gasteiger partial charge in [0.2, 0.25) is 0 Å². The van der Waals surface area contributed by atoms with E-state index in [1.165, 1.54) is 19.1 Å². The maximum absolute atomic E-state index is 11.7. The van der Waals surface area contributed by atoms with Crippen LogP contribution in [0.15, 0.2) is 22.7 Å². The number of nitrogens with one attached hydrogen (secondary N) is 2. The molecule has 0 aromatic heterocycles. The number of carbonyl (C=O) groups excluding carboxylic acids is 2. The van der Waals surface area contributed by atoms with Crippen LogP contribution in [0.3, 0.4) is 0 Å². The molecule has 0 aliphatic carbocycles. The largest absolute Gasteiger partial charge is 0.480 e. The van der Waals surface area contributed by atoms with Crippen LogP contribution in [0.2, 0.25) is 0 Å². The summed E-state index contributed by atoms with van der Waals surface area (Å²) in [6.07, 6.45) is -1.03. The van der Waals surface area contributed by atoms with Gasteiger partial charge in [0.15, 0.2) is 6.10 Å². The van der Waals surface area contributed by atoms with Crippen LogP contribution in [-0.4, -0.2) is 35.7 Å². The fourth-order valence-electron chi connectivity index (χ4n) is 1.43. The predicted octanol–water partition coefficient (Wildman–Crippen LogP) is 1.76. The lowest BCUT2D eigenvalue weighted by molar-refractivity contribution is -0.126. The molecular formula is C13H15BrN2O5. The van der Waals surface area contributed by atoms with Crippen molar-refractivity contribution in [1.29, 1.82) is 0 Å². The van der Waals surface area contributed by atoms with Crippen LogP contribution in [0, 0.1) is 0 Å². The number of amides is 3. The van der Waals surface area contributed by atoms with Crippen molar-refractivity contribution >= 4 is 33.8 Å². The molecule has 1 aromatic carbocycles. The number of benzene rings is 1. The van der Waals surface area contributed by atoms with Crippen LogP contribution in [0.25, 0.3) is 0 Å². The zero-order chi connectivity index (χ0) is 16.0. The zero-order valence-corrected chi connectivity index (χ0v) is 13.1. The second-order valence-electron chi connectivity index (χ2n) is 4.05. The van der Waals surface area contributed by atoms with Gasteiger partial charge in [-0.15, -0.1) is 0 Å². The molecule has 3 N–H and O–H groups in total. The lowest BCUT2D eigenvalue weighted by atomic mass is 10.2. The molecule has 0 aliphatic heterocycles. The van der Waals surface area contributed by atoms with Gasteiger partial charge in [-0.25, -0.2) is 9.59 Å². The molecule has 0 saturated heterocycles. The Hall–Kier alpha value is -2.09. The highest BCUT2D eigenvalue weighted by Crippen LogP contribution is 2.24. The Morgan fingerprint density at radius 2 is 2.05 bits per heavy atom. The molecular weight excluding hydrogens is 344 g/mol. The Labute approximate surface area is 129 Å². The molecule has 1 atom stereocenters. The fourth-order valence-corrected chi connectivity index (χ4v) is 1.77. The molecule has 114 valence electrons. The SMILES string of the molecule is CCNC(=O)NC(=O)C(C)Oc1cc(Br)ccc1C(=O)O. The molecule has 0 heterocycles. The standard InChI is InChI=1S/C13H15BrN2O5/c1-3-15-13(20)16-11(17)7(2)21-10-6-8(14)4-5-9(10)12(18)19/h4-7H,3H2,1-2H3,(H,18,19)(H2,15,16,17,20). The van der Waals surface area contributed by atoms with Crippen LogP contribution in [0.1, 0.15) is 24.2 Å². The van der Waals surface area contributed by atoms with E-state index in [1.54, 1.807) is 13.0 Å². The van der Waals surface area contributed by atoms with Gasteiger partial charge in [-0.2, -0.15) is 0 Å². The average Bonchev–Trinajstić information content (AvgIpc) is 2.38. The highest BCUT2D eigenvalue weighted by molar-refractivity contribution is 9.10. The number of hydrogen-bond acceptors (Lipinski definition) is 4. The molecule has 0 spiro atoms. The first-order valence-corrected chi connectivity index (χ1v) is 6.92. The van der Waals surface area contributed by atoms with E-state index in [1.807, 2.05) is 0 Å². The third kappa shape index (κ3) is 5.07. The van der Waals surface area contributed by atoms with Crippen LogP contribution in [-0.2, 0) is 4.79 Å². The number of carboxylic acid groups (broad SMARTS) is 1. The Morgan fingerprint density at radius 3 is 2.62 bits per heavy atom. The Kier molecular flexibility index (Phi) is 6.16. The lowest BCUT2D eigenvalue weighted by Gasteiger charge is -2.16. The molecule has 1 rings (SSSR count). The maximum atomic E-state index is 11.7. The molecule has 7 nitrogen and oxygen atoms in total. The molecule has 0 fully saturated rings. The molecule has 3 amide bonds. The van der Waals surface area contributed by atoms with Crippen molar-refractivity contribution in [3.63, 3.8) is 0 Å². The van der Waals surface area contributed by atoms with E-state index >= 15 is 0 Å². The van der Waals surface area contributed by atoms with E-state index in [2.05, 4.69) is 26.6 Å². The van der Waals surface area contributed by atoms with Gasteiger partial charge in [0.1, 0.15) is 11.3 Å². The maximum Gasteiger partial charge on any atom is 0.339 e. The summed E-state index contributed by atoms with van der Waals surface area (Å²) in [5, 5.41) is 13.6. The molecule has 1 unspecified atom stereocenters. The second-order valence-corrected chi connectivity index (χ2v) is 4.97. The van der Waals surface area contributed by atoms with E-state index in [-0.39, 0.29) is 11.3 Å². The number of carboxylic acids is 1. The van der Waals surface area contributed by atoms with Crippen LogP contribution >= 0.6 is 15.9 Å². The summed E-state index contributed by atoms with van der Waals surface area (Å²) in [5.74, 6) is -1.80. The number of rotatable bonds is 5. The summed E-state index contributed by atoms with van der Waals surface area (Å²) in [7, 11) is 0. The van der Waals surface area contributed by atoms with Gasteiger partial charge in [0.25, 0.3) is 5.91 Å². The fraction of sp³-hybridized carbons (Fsp3) is 0.308. The van der Waals surface area contributed by atoms with E-state index in [9.17, 15) is 14.4 Å². The highest BCUT2D eigenvalue weighted by atomic mass is 79.9. The van der Waals surface area contributed by atoms with E-state index in [0.717, 1.165) is 0 Å². The lowest BCUT2D eigenvalue weighted by Crippen LogP contribution is -2.45. The van der Waals surface area contributed by atoms with Crippen molar-refractivity contribution in [2.24, 2.45) is 0 Å². The number of halogens is 1. The van der Waals surface area contributed by atoms with Gasteiger partial charge in [0, 0.05) is 11.0 Å². The van der Waals surface area contributed by atoms with Crippen molar-refractivity contribution < 1.29 is 24.2 Å². The Morgan fingerprint density at radius 1 is 1.38 bits per heavy atom. The van der Waals surface area contributed by atoms with Crippen molar-refractivity contribution in [2.45, 2.75) is 20.0 Å². The van der Waals surface area contributed by atoms with Gasteiger partial charge in [-0.3, -0.25) is 10.1 Å². The first kappa shape index (κ1) is 17.0. The molecule has 1 aromatic rings. The van der Waals surface area contributed by atoms with Gasteiger partial charge < -0.3 is 15.2 Å². The summed E-state index contributed by atoms with van der Waals surface area (Å²) in [6, 6.07) is 3.72. The van der Waals surface area contributed by atoms with Crippen molar-refractivity contribution in [2.75, 3.05) is 6.54 Å². The number of imide groups is 1. The van der Waals surface area contributed by atoms with E-state index in [4.69, 9.17) is 9.84 Å². The van der Waals surface area contributed by atoms with Gasteiger partial charge in [-0.1, -0.05) is 15.9 Å². The first-order valence-electron chi connectivity index (χ1n) is 6.13. The van der Waals surface area contributed by atoms with Crippen LogP contribution in [0.5, 0.6) is 5.75 Å². The summed E-state index contributed by atoms with van der Waals surface area (Å²) in [4.78, 5) is 34.1. The summed E-state index contributed by atoms with van der Waals surface area (Å²) in [6.45, 7) is 3.51. The monoisotopic (exact) mass is 358 g/mol. The van der Waals surface area contributed by atoms with E-state index < -0.39 is 24.0 Å². The zero-order valence-electron chi connectivity index (χ0n) is 11.5. The topological polar surface area (TPSA) is 105 Å². The summed E-state index contributed by atoms with van der Waals surface area (Å²) < 4.78 is 5.94. The van der Waals surface area contributed by atoms with Crippen LogP contribution < -0.4 is 15.4 Å². The van der Waals surface area contributed by atoms with Gasteiger partial charge in [-0.05, 0) is 32.0 Å². The minimum atomic E-state index is -1.17. The van der Waals surface area contributed by atoms with Crippen LogP contribution in [0.4, 0.5) is 4.79 Å². The second kappa shape index (κ2) is 7.63. The number of hydrogen-bond donors (Lipinski definition) is 3. The van der Waals surface area contributed by atoms with Gasteiger partial charge >= 0.3 is 12.0 Å². The molecule has 8 heteroatoms. The first-order chi connectivity index (χ1) is 9.85. The molecule has 0 bridgehead atoms. The minimum Gasteiger partial charge on any atom is -0.480 e. The number of aromatic carboxylic acids is 1. The quantitative estimate of drug-likeness (QED) is 0.743. The normalized spacial score (nSPS) is 11.4. The molecule has 0 radical (unpaired) electrons. The highest BCUT2D eigenvalue weighted by Gasteiger charge is 2.20. The molecule has 0 aliphatic rings. The van der Waals surface area contributed by atoms with Gasteiger partial charge in [0.05, 0.1) is 0 Å². The van der Waals surface area contributed by atoms with E-state index in [0.29, 0.717) is 11.0 Å². The summed E-state index contributed by atoms with van der Waals surface area (Å²) >= 11 is 3.20. The third-order valence-electron chi connectivity index (χ3n) is 2.42. The minimum absolute atomic E-state index is 0.0374. The third-order valence-corrected chi connectivity index (χ3v) is 2.91. The molecule has 0 saturated carbocycles. The Bertz CT molecular complexity index is 561. The van der Waals surface area contributed by atoms with Crippen molar-refractivity contribution in [1.82, 2.24) is 10.6 Å². The summed E-state index contributed by atoms with van der Waals surface area (Å²) in [5.41, 5.74) is -0.0733. The number of carbonyl (C=O) groups is 3. The predicted molar refractivity (Wildman–Crippen MR) is 78.4 cm³/mol. The van der Waals surface area contributed by atoms with Crippen molar-refractivity contribution in [3.8, 4) is 5.75 Å². The molecule has 21 heavy (non-hydrogen) atoms.